The summed E-state index contributed by atoms with van der Waals surface area (Å²) >= 11 is 0. The first kappa shape index (κ1) is 15.3. The molecule has 2 N–H and O–H groups in total. The topological polar surface area (TPSA) is 64.8 Å². The third kappa shape index (κ3) is 5.18. The first-order valence-corrected chi connectivity index (χ1v) is 6.38. The molecule has 0 fully saturated rings. The highest BCUT2D eigenvalue weighted by Gasteiger charge is 2.10. The Labute approximate surface area is 114 Å². The molecular formula is C14H22N2O3. The Kier molecular flexibility index (Phi) is 6.15. The maximum atomic E-state index is 11.8. The third-order valence-electron chi connectivity index (χ3n) is 2.53. The van der Waals surface area contributed by atoms with Gasteiger partial charge in [0.05, 0.1) is 24.5 Å². The van der Waals surface area contributed by atoms with Gasteiger partial charge in [0, 0.05) is 6.54 Å². The number of hydrogen-bond donors (Lipinski definition) is 1. The summed E-state index contributed by atoms with van der Waals surface area (Å²) in [7, 11) is 3.96. The van der Waals surface area contributed by atoms with Crippen molar-refractivity contribution >= 4 is 11.7 Å². The van der Waals surface area contributed by atoms with E-state index >= 15 is 0 Å². The Balaban J connectivity index is 2.50. The normalized spacial score (nSPS) is 10.5. The summed E-state index contributed by atoms with van der Waals surface area (Å²) in [5.74, 6) is 0.236. The van der Waals surface area contributed by atoms with E-state index in [4.69, 9.17) is 15.2 Å². The SMILES string of the molecule is CCOc1ccc(C(=O)OCCCN(C)C)cc1N. The highest BCUT2D eigenvalue weighted by atomic mass is 16.5. The Bertz CT molecular complexity index is 419. The van der Waals surface area contributed by atoms with Crippen LogP contribution in [0.5, 0.6) is 5.75 Å². The molecule has 0 aliphatic rings. The van der Waals surface area contributed by atoms with E-state index in [1.165, 1.54) is 0 Å². The van der Waals surface area contributed by atoms with Crippen LogP contribution in [0.15, 0.2) is 18.2 Å². The van der Waals surface area contributed by atoms with Gasteiger partial charge in [-0.15, -0.1) is 0 Å². The second-order valence-corrected chi connectivity index (χ2v) is 4.48. The van der Waals surface area contributed by atoms with E-state index in [2.05, 4.69) is 0 Å². The molecule has 106 valence electrons. The van der Waals surface area contributed by atoms with Crippen LogP contribution in [0.4, 0.5) is 5.69 Å². The fourth-order valence-electron chi connectivity index (χ4n) is 1.59. The molecule has 19 heavy (non-hydrogen) atoms. The lowest BCUT2D eigenvalue weighted by atomic mass is 10.2. The number of nitrogens with two attached hydrogens (primary N) is 1. The van der Waals surface area contributed by atoms with Crippen molar-refractivity contribution in [2.45, 2.75) is 13.3 Å². The first-order chi connectivity index (χ1) is 9.04. The molecule has 0 unspecified atom stereocenters. The molecule has 1 rings (SSSR count). The minimum absolute atomic E-state index is 0.353. The van der Waals surface area contributed by atoms with Crippen LogP contribution >= 0.6 is 0 Å². The molecule has 0 saturated carbocycles. The summed E-state index contributed by atoms with van der Waals surface area (Å²) in [4.78, 5) is 13.8. The number of benzene rings is 1. The number of rotatable bonds is 7. The second kappa shape index (κ2) is 7.63. The molecule has 0 bridgehead atoms. The van der Waals surface area contributed by atoms with Crippen LogP contribution in [0.1, 0.15) is 23.7 Å². The van der Waals surface area contributed by atoms with Crippen LogP contribution in [0.25, 0.3) is 0 Å². The van der Waals surface area contributed by atoms with E-state index in [-0.39, 0.29) is 5.97 Å². The zero-order valence-corrected chi connectivity index (χ0v) is 11.8. The van der Waals surface area contributed by atoms with Crippen molar-refractivity contribution in [1.29, 1.82) is 0 Å². The fraction of sp³-hybridized carbons (Fsp3) is 0.500. The average Bonchev–Trinajstić information content (AvgIpc) is 2.36. The number of nitrogens with zero attached hydrogens (tertiary/aromatic N) is 1. The summed E-state index contributed by atoms with van der Waals surface area (Å²) in [6.07, 6.45) is 0.811. The van der Waals surface area contributed by atoms with Gasteiger partial charge in [0.1, 0.15) is 5.75 Å². The number of carbonyl (C=O) groups excluding carboxylic acids is 1. The van der Waals surface area contributed by atoms with Crippen molar-refractivity contribution in [1.82, 2.24) is 4.90 Å². The predicted octanol–water partition coefficient (Wildman–Crippen LogP) is 1.78. The summed E-state index contributed by atoms with van der Waals surface area (Å²) in [6, 6.07) is 4.93. The van der Waals surface area contributed by atoms with Gasteiger partial charge in [0.15, 0.2) is 0 Å². The van der Waals surface area contributed by atoms with E-state index in [1.54, 1.807) is 18.2 Å². The second-order valence-electron chi connectivity index (χ2n) is 4.48. The van der Waals surface area contributed by atoms with Gasteiger partial charge in [-0.2, -0.15) is 0 Å². The van der Waals surface area contributed by atoms with E-state index < -0.39 is 0 Å². The molecule has 1 aromatic rings. The van der Waals surface area contributed by atoms with Gasteiger partial charge in [-0.25, -0.2) is 4.79 Å². The van der Waals surface area contributed by atoms with Crippen LogP contribution in [-0.4, -0.2) is 44.7 Å². The summed E-state index contributed by atoms with van der Waals surface area (Å²) in [5, 5.41) is 0. The number of esters is 1. The number of carbonyl (C=O) groups is 1. The summed E-state index contributed by atoms with van der Waals surface area (Å²) in [6.45, 7) is 3.72. The van der Waals surface area contributed by atoms with Crippen LogP contribution in [0, 0.1) is 0 Å². The highest BCUT2D eigenvalue weighted by Crippen LogP contribution is 2.22. The molecule has 0 saturated heterocycles. The largest absolute Gasteiger partial charge is 0.492 e. The van der Waals surface area contributed by atoms with E-state index in [1.807, 2.05) is 25.9 Å². The van der Waals surface area contributed by atoms with Gasteiger partial charge in [-0.3, -0.25) is 0 Å². The minimum atomic E-state index is -0.353. The van der Waals surface area contributed by atoms with E-state index in [9.17, 15) is 4.79 Å². The molecule has 0 atom stereocenters. The Morgan fingerprint density at radius 3 is 2.68 bits per heavy atom. The van der Waals surface area contributed by atoms with Gasteiger partial charge in [-0.05, 0) is 45.6 Å². The van der Waals surface area contributed by atoms with Gasteiger partial charge < -0.3 is 20.1 Å². The maximum Gasteiger partial charge on any atom is 0.338 e. The average molecular weight is 266 g/mol. The van der Waals surface area contributed by atoms with E-state index in [0.29, 0.717) is 30.2 Å². The summed E-state index contributed by atoms with van der Waals surface area (Å²) < 4.78 is 10.5. The molecule has 1 aromatic carbocycles. The quantitative estimate of drug-likeness (QED) is 0.463. The fourth-order valence-corrected chi connectivity index (χ4v) is 1.59. The van der Waals surface area contributed by atoms with Gasteiger partial charge in [0.2, 0.25) is 0 Å². The zero-order chi connectivity index (χ0) is 14.3. The molecule has 0 spiro atoms. The van der Waals surface area contributed by atoms with Gasteiger partial charge in [0.25, 0.3) is 0 Å². The van der Waals surface area contributed by atoms with Crippen molar-refractivity contribution in [2.24, 2.45) is 0 Å². The number of ether oxygens (including phenoxy) is 2. The summed E-state index contributed by atoms with van der Waals surface area (Å²) in [5.41, 5.74) is 6.70. The van der Waals surface area contributed by atoms with Crippen LogP contribution in [-0.2, 0) is 4.74 Å². The van der Waals surface area contributed by atoms with E-state index in [0.717, 1.165) is 13.0 Å². The third-order valence-corrected chi connectivity index (χ3v) is 2.53. The molecule has 0 amide bonds. The number of anilines is 1. The molecule has 5 nitrogen and oxygen atoms in total. The lowest BCUT2D eigenvalue weighted by molar-refractivity contribution is 0.0493. The Hall–Kier alpha value is -1.75. The predicted molar refractivity (Wildman–Crippen MR) is 75.5 cm³/mol. The highest BCUT2D eigenvalue weighted by molar-refractivity contribution is 5.91. The molecule has 0 aliphatic carbocycles. The minimum Gasteiger partial charge on any atom is -0.492 e. The molecule has 0 aliphatic heterocycles. The van der Waals surface area contributed by atoms with Crippen molar-refractivity contribution in [3.8, 4) is 5.75 Å². The number of nitrogen functional groups attached to an aromatic ring is 1. The Morgan fingerprint density at radius 2 is 2.11 bits per heavy atom. The number of hydrogen-bond acceptors (Lipinski definition) is 5. The smallest absolute Gasteiger partial charge is 0.338 e. The van der Waals surface area contributed by atoms with Crippen molar-refractivity contribution < 1.29 is 14.3 Å². The van der Waals surface area contributed by atoms with Gasteiger partial charge >= 0.3 is 5.97 Å². The van der Waals surface area contributed by atoms with Gasteiger partial charge in [-0.1, -0.05) is 0 Å². The van der Waals surface area contributed by atoms with Crippen molar-refractivity contribution in [3.63, 3.8) is 0 Å². The monoisotopic (exact) mass is 266 g/mol. The molecular weight excluding hydrogens is 244 g/mol. The molecule has 0 radical (unpaired) electrons. The van der Waals surface area contributed by atoms with Crippen LogP contribution in [0.3, 0.4) is 0 Å². The molecule has 0 aromatic heterocycles. The molecule has 5 heteroatoms. The maximum absolute atomic E-state index is 11.8. The lowest BCUT2D eigenvalue weighted by Crippen LogP contribution is -2.16. The standard InChI is InChI=1S/C14H22N2O3/c1-4-18-13-7-6-11(10-12(13)15)14(17)19-9-5-8-16(2)3/h6-7,10H,4-5,8-9,15H2,1-3H3. The van der Waals surface area contributed by atoms with Crippen molar-refractivity contribution in [2.75, 3.05) is 39.6 Å². The first-order valence-electron chi connectivity index (χ1n) is 6.38. The van der Waals surface area contributed by atoms with Crippen LogP contribution in [0.2, 0.25) is 0 Å². The van der Waals surface area contributed by atoms with Crippen molar-refractivity contribution in [3.05, 3.63) is 23.8 Å². The Morgan fingerprint density at radius 1 is 1.37 bits per heavy atom. The van der Waals surface area contributed by atoms with Crippen LogP contribution < -0.4 is 10.5 Å². The molecule has 0 heterocycles. The zero-order valence-electron chi connectivity index (χ0n) is 11.8. The lowest BCUT2D eigenvalue weighted by Gasteiger charge is -2.10.